The number of carbonyl (C=O) groups is 1. The molecule has 2 aromatic rings. The van der Waals surface area contributed by atoms with Crippen molar-refractivity contribution < 1.29 is 18.3 Å². The highest BCUT2D eigenvalue weighted by Crippen LogP contribution is 2.17. The van der Waals surface area contributed by atoms with Gasteiger partial charge >= 0.3 is 5.97 Å². The molecular weight excluding hydrogens is 218 g/mol. The number of halogens is 2. The van der Waals surface area contributed by atoms with Crippen LogP contribution in [0.3, 0.4) is 0 Å². The van der Waals surface area contributed by atoms with Gasteiger partial charge < -0.3 is 9.72 Å². The lowest BCUT2D eigenvalue weighted by atomic mass is 10.3. The van der Waals surface area contributed by atoms with Gasteiger partial charge in [-0.2, -0.15) is 0 Å². The molecule has 0 saturated heterocycles. The van der Waals surface area contributed by atoms with Gasteiger partial charge in [-0.25, -0.2) is 13.8 Å². The second-order valence-corrected chi connectivity index (χ2v) is 3.22. The number of benzene rings is 1. The number of fused-ring (bicyclic) bond motifs is 1. The zero-order chi connectivity index (χ0) is 11.7. The zero-order valence-electron chi connectivity index (χ0n) is 8.38. The number of nitrogens with one attached hydrogen (secondary N) is 1. The summed E-state index contributed by atoms with van der Waals surface area (Å²) < 4.78 is 30.5. The molecule has 0 spiro atoms. The number of methoxy groups -OCH3 is 1. The zero-order valence-corrected chi connectivity index (χ0v) is 8.38. The summed E-state index contributed by atoms with van der Waals surface area (Å²) in [6, 6.07) is 1.86. The summed E-state index contributed by atoms with van der Waals surface area (Å²) >= 11 is 0. The van der Waals surface area contributed by atoms with Gasteiger partial charge in [0.05, 0.1) is 12.6 Å². The van der Waals surface area contributed by atoms with Crippen LogP contribution in [0.2, 0.25) is 0 Å². The Kier molecular flexibility index (Phi) is 2.55. The van der Waals surface area contributed by atoms with Crippen LogP contribution in [0.1, 0.15) is 5.82 Å². The number of esters is 1. The van der Waals surface area contributed by atoms with Crippen LogP contribution in [0.25, 0.3) is 11.0 Å². The molecule has 0 amide bonds. The molecule has 84 valence electrons. The van der Waals surface area contributed by atoms with Crippen LogP contribution < -0.4 is 0 Å². The second-order valence-electron chi connectivity index (χ2n) is 3.22. The van der Waals surface area contributed by atoms with Crippen molar-refractivity contribution in [2.24, 2.45) is 0 Å². The van der Waals surface area contributed by atoms with E-state index in [2.05, 4.69) is 14.7 Å². The molecule has 4 nitrogen and oxygen atoms in total. The molecule has 0 aliphatic carbocycles. The molecule has 0 bridgehead atoms. The molecule has 0 aliphatic heterocycles. The predicted molar refractivity (Wildman–Crippen MR) is 51.7 cm³/mol. The Hall–Kier alpha value is -1.98. The topological polar surface area (TPSA) is 55.0 Å². The van der Waals surface area contributed by atoms with E-state index in [9.17, 15) is 13.6 Å². The van der Waals surface area contributed by atoms with Gasteiger partial charge in [-0.1, -0.05) is 0 Å². The van der Waals surface area contributed by atoms with Crippen LogP contribution in [0.15, 0.2) is 12.1 Å². The lowest BCUT2D eigenvalue weighted by Crippen LogP contribution is -2.05. The van der Waals surface area contributed by atoms with E-state index in [1.807, 2.05) is 0 Å². The quantitative estimate of drug-likeness (QED) is 0.790. The first-order chi connectivity index (χ1) is 7.60. The van der Waals surface area contributed by atoms with Gasteiger partial charge in [0.2, 0.25) is 0 Å². The number of aromatic nitrogens is 2. The van der Waals surface area contributed by atoms with Gasteiger partial charge in [-0.3, -0.25) is 4.79 Å². The van der Waals surface area contributed by atoms with Crippen LogP contribution in [0.5, 0.6) is 0 Å². The highest BCUT2D eigenvalue weighted by molar-refractivity contribution is 5.78. The Morgan fingerprint density at radius 1 is 1.50 bits per heavy atom. The van der Waals surface area contributed by atoms with Gasteiger partial charge in [-0.15, -0.1) is 0 Å². The van der Waals surface area contributed by atoms with E-state index in [0.29, 0.717) is 0 Å². The first-order valence-electron chi connectivity index (χ1n) is 4.50. The standard InChI is InChI=1S/C10H8F2N2O2/c1-16-9(15)4-8-13-7-3-5(11)2-6(12)10(7)14-8/h2-3H,4H2,1H3,(H,13,14). The van der Waals surface area contributed by atoms with Crippen molar-refractivity contribution in [1.82, 2.24) is 9.97 Å². The highest BCUT2D eigenvalue weighted by atomic mass is 19.1. The Morgan fingerprint density at radius 3 is 2.94 bits per heavy atom. The lowest BCUT2D eigenvalue weighted by Gasteiger charge is -1.93. The third-order valence-electron chi connectivity index (χ3n) is 2.09. The van der Waals surface area contributed by atoms with Crippen LogP contribution in [0.4, 0.5) is 8.78 Å². The van der Waals surface area contributed by atoms with Crippen molar-refractivity contribution in [3.63, 3.8) is 0 Å². The number of carbonyl (C=O) groups excluding carboxylic acids is 1. The van der Waals surface area contributed by atoms with Crippen molar-refractivity contribution in [1.29, 1.82) is 0 Å². The number of hydrogen-bond acceptors (Lipinski definition) is 3. The molecule has 6 heteroatoms. The Labute approximate surface area is 89.2 Å². The lowest BCUT2D eigenvalue weighted by molar-refractivity contribution is -0.139. The van der Waals surface area contributed by atoms with Crippen LogP contribution in [-0.4, -0.2) is 23.0 Å². The highest BCUT2D eigenvalue weighted by Gasteiger charge is 2.12. The number of rotatable bonds is 2. The number of ether oxygens (including phenoxy) is 1. The van der Waals surface area contributed by atoms with Gasteiger partial charge in [0.15, 0.2) is 5.82 Å². The maximum absolute atomic E-state index is 13.2. The van der Waals surface area contributed by atoms with Crippen molar-refractivity contribution in [3.8, 4) is 0 Å². The van der Waals surface area contributed by atoms with E-state index in [1.165, 1.54) is 7.11 Å². The minimum Gasteiger partial charge on any atom is -0.469 e. The van der Waals surface area contributed by atoms with Gasteiger partial charge in [0.1, 0.15) is 23.6 Å². The Balaban J connectivity index is 2.44. The maximum atomic E-state index is 13.2. The minimum absolute atomic E-state index is 0.0142. The smallest absolute Gasteiger partial charge is 0.313 e. The number of nitrogens with zero attached hydrogens (tertiary/aromatic N) is 1. The van der Waals surface area contributed by atoms with E-state index in [4.69, 9.17) is 0 Å². The van der Waals surface area contributed by atoms with Crippen molar-refractivity contribution >= 4 is 17.0 Å². The summed E-state index contributed by atoms with van der Waals surface area (Å²) in [5.74, 6) is -1.72. The number of aromatic amines is 1. The average molecular weight is 226 g/mol. The van der Waals surface area contributed by atoms with Crippen molar-refractivity contribution in [2.45, 2.75) is 6.42 Å². The van der Waals surface area contributed by atoms with E-state index in [1.54, 1.807) is 0 Å². The molecule has 0 atom stereocenters. The van der Waals surface area contributed by atoms with E-state index >= 15 is 0 Å². The van der Waals surface area contributed by atoms with E-state index in [0.717, 1.165) is 12.1 Å². The fraction of sp³-hybridized carbons (Fsp3) is 0.200. The normalized spacial score (nSPS) is 10.7. The molecular formula is C10H8F2N2O2. The summed E-state index contributed by atoms with van der Waals surface area (Å²) in [6.45, 7) is 0. The molecule has 1 aromatic heterocycles. The van der Waals surface area contributed by atoms with Crippen molar-refractivity contribution in [3.05, 3.63) is 29.6 Å². The predicted octanol–water partition coefficient (Wildman–Crippen LogP) is 1.56. The fourth-order valence-electron chi connectivity index (χ4n) is 1.39. The second kappa shape index (κ2) is 3.88. The molecule has 1 N–H and O–H groups in total. The Bertz CT molecular complexity index is 551. The molecule has 16 heavy (non-hydrogen) atoms. The first-order valence-corrected chi connectivity index (χ1v) is 4.50. The van der Waals surface area contributed by atoms with Crippen LogP contribution in [-0.2, 0) is 16.0 Å². The monoisotopic (exact) mass is 226 g/mol. The molecule has 0 aliphatic rings. The number of H-pyrrole nitrogens is 1. The third-order valence-corrected chi connectivity index (χ3v) is 2.09. The van der Waals surface area contributed by atoms with Gasteiger partial charge in [-0.05, 0) is 6.07 Å². The Morgan fingerprint density at radius 2 is 2.25 bits per heavy atom. The molecule has 0 unspecified atom stereocenters. The van der Waals surface area contributed by atoms with E-state index in [-0.39, 0.29) is 23.3 Å². The summed E-state index contributed by atoms with van der Waals surface area (Å²) in [7, 11) is 1.24. The van der Waals surface area contributed by atoms with Crippen LogP contribution in [0, 0.1) is 11.6 Å². The summed E-state index contributed by atoms with van der Waals surface area (Å²) in [6.07, 6.45) is -0.105. The molecule has 0 saturated carbocycles. The average Bonchev–Trinajstić information content (AvgIpc) is 2.60. The molecule has 0 fully saturated rings. The third kappa shape index (κ3) is 1.86. The van der Waals surface area contributed by atoms with Gasteiger partial charge in [0.25, 0.3) is 0 Å². The molecule has 1 aromatic carbocycles. The fourth-order valence-corrected chi connectivity index (χ4v) is 1.39. The van der Waals surface area contributed by atoms with Crippen LogP contribution >= 0.6 is 0 Å². The molecule has 2 rings (SSSR count). The first kappa shape index (κ1) is 10.5. The van der Waals surface area contributed by atoms with E-state index < -0.39 is 17.6 Å². The molecule has 1 heterocycles. The summed E-state index contributed by atoms with van der Waals surface area (Å²) in [5, 5.41) is 0. The maximum Gasteiger partial charge on any atom is 0.313 e. The SMILES string of the molecule is COC(=O)Cc1nc2c(F)cc(F)cc2[nH]1. The summed E-state index contributed by atoms with van der Waals surface area (Å²) in [4.78, 5) is 17.5. The minimum atomic E-state index is -0.762. The largest absolute Gasteiger partial charge is 0.469 e. The number of imidazole rings is 1. The number of hydrogen-bond donors (Lipinski definition) is 1. The molecule has 0 radical (unpaired) electrons. The van der Waals surface area contributed by atoms with Gasteiger partial charge in [0, 0.05) is 6.07 Å². The van der Waals surface area contributed by atoms with Crippen molar-refractivity contribution in [2.75, 3.05) is 7.11 Å². The summed E-state index contributed by atoms with van der Waals surface area (Å²) in [5.41, 5.74) is 0.233.